The van der Waals surface area contributed by atoms with Gasteiger partial charge >= 0.3 is 0 Å². The van der Waals surface area contributed by atoms with Gasteiger partial charge in [0, 0.05) is 14.1 Å². The number of hydrogen-bond donors (Lipinski definition) is 0. The second kappa shape index (κ2) is 8.76. The minimum Gasteiger partial charge on any atom is -0.298 e. The molecule has 0 N–H and O–H groups in total. The van der Waals surface area contributed by atoms with Crippen LogP contribution in [0.5, 0.6) is 0 Å². The third-order valence-corrected chi connectivity index (χ3v) is 3.30. The molecule has 0 aromatic heterocycles. The molecule has 0 aliphatic carbocycles. The number of halogens is 2. The Kier molecular flexibility index (Phi) is 6.42. The molecule has 2 rings (SSSR count). The molecule has 0 spiro atoms. The number of likely N-dealkylation sites (N-methyl/N-ethyl adjacent to an activating group) is 2. The van der Waals surface area contributed by atoms with Crippen molar-refractivity contribution in [3.05, 3.63) is 71.3 Å². The minimum absolute atomic E-state index is 0.263. The number of hydrazone groups is 2. The van der Waals surface area contributed by atoms with E-state index >= 15 is 0 Å². The first-order valence-corrected chi connectivity index (χ1v) is 7.54. The van der Waals surface area contributed by atoms with Crippen LogP contribution < -0.4 is 0 Å². The molecule has 24 heavy (non-hydrogen) atoms. The molecule has 0 aliphatic heterocycles. The summed E-state index contributed by atoms with van der Waals surface area (Å²) in [4.78, 5) is 0. The summed E-state index contributed by atoms with van der Waals surface area (Å²) in [6.45, 7) is 1.35. The highest BCUT2D eigenvalue weighted by atomic mass is 19.1. The van der Waals surface area contributed by atoms with Crippen molar-refractivity contribution in [2.24, 2.45) is 10.2 Å². The molecule has 0 saturated heterocycles. The highest BCUT2D eigenvalue weighted by Crippen LogP contribution is 2.01. The predicted octanol–water partition coefficient (Wildman–Crippen LogP) is 3.20. The Morgan fingerprint density at radius 3 is 1.38 bits per heavy atom. The van der Waals surface area contributed by atoms with Crippen LogP contribution in [0.15, 0.2) is 58.7 Å². The van der Waals surface area contributed by atoms with Crippen LogP contribution in [0.3, 0.4) is 0 Å². The van der Waals surface area contributed by atoms with Crippen LogP contribution in [-0.2, 0) is 0 Å². The summed E-state index contributed by atoms with van der Waals surface area (Å²) in [5, 5.41) is 12.1. The molecule has 0 amide bonds. The second-order valence-electron chi connectivity index (χ2n) is 5.35. The summed E-state index contributed by atoms with van der Waals surface area (Å²) < 4.78 is 25.6. The van der Waals surface area contributed by atoms with Gasteiger partial charge in [0.25, 0.3) is 0 Å². The maximum absolute atomic E-state index is 12.8. The Morgan fingerprint density at radius 2 is 1.04 bits per heavy atom. The molecule has 6 heteroatoms. The van der Waals surface area contributed by atoms with Crippen molar-refractivity contribution in [1.82, 2.24) is 10.0 Å². The molecule has 0 heterocycles. The van der Waals surface area contributed by atoms with Gasteiger partial charge in [-0.3, -0.25) is 10.0 Å². The fraction of sp³-hybridized carbons (Fsp3) is 0.222. The fourth-order valence-electron chi connectivity index (χ4n) is 1.83. The van der Waals surface area contributed by atoms with E-state index in [1.807, 2.05) is 14.1 Å². The van der Waals surface area contributed by atoms with E-state index in [1.165, 1.54) is 24.3 Å². The van der Waals surface area contributed by atoms with Crippen molar-refractivity contribution >= 4 is 12.4 Å². The molecule has 0 radical (unpaired) electrons. The topological polar surface area (TPSA) is 31.2 Å². The van der Waals surface area contributed by atoms with Crippen molar-refractivity contribution in [1.29, 1.82) is 0 Å². The van der Waals surface area contributed by atoms with Gasteiger partial charge in [0.05, 0.1) is 25.5 Å². The molecular formula is C18H20F2N4. The van der Waals surface area contributed by atoms with E-state index in [1.54, 1.807) is 46.7 Å². The van der Waals surface area contributed by atoms with E-state index in [0.29, 0.717) is 13.1 Å². The van der Waals surface area contributed by atoms with Gasteiger partial charge in [-0.15, -0.1) is 0 Å². The van der Waals surface area contributed by atoms with Crippen LogP contribution in [0.1, 0.15) is 11.1 Å². The second-order valence-corrected chi connectivity index (χ2v) is 5.35. The first-order chi connectivity index (χ1) is 11.5. The summed E-state index contributed by atoms with van der Waals surface area (Å²) >= 11 is 0. The van der Waals surface area contributed by atoms with Crippen molar-refractivity contribution in [2.45, 2.75) is 0 Å². The van der Waals surface area contributed by atoms with E-state index in [-0.39, 0.29) is 11.6 Å². The van der Waals surface area contributed by atoms with Crippen LogP contribution in [0.4, 0.5) is 8.78 Å². The lowest BCUT2D eigenvalue weighted by atomic mass is 10.2. The lowest BCUT2D eigenvalue weighted by molar-refractivity contribution is 0.272. The SMILES string of the molecule is CN(CCN(C)/N=C\c1ccc(F)cc1)/N=C\c1ccc(F)cc1. The number of nitrogens with zero attached hydrogens (tertiary/aromatic N) is 4. The molecule has 0 bridgehead atoms. The van der Waals surface area contributed by atoms with E-state index in [0.717, 1.165) is 11.1 Å². The largest absolute Gasteiger partial charge is 0.298 e. The molecule has 0 aliphatic rings. The average Bonchev–Trinajstić information content (AvgIpc) is 2.59. The summed E-state index contributed by atoms with van der Waals surface area (Å²) in [5.74, 6) is -0.526. The van der Waals surface area contributed by atoms with Gasteiger partial charge in [0.15, 0.2) is 0 Å². The fourth-order valence-corrected chi connectivity index (χ4v) is 1.83. The third-order valence-electron chi connectivity index (χ3n) is 3.30. The van der Waals surface area contributed by atoms with Gasteiger partial charge in [-0.05, 0) is 35.4 Å². The van der Waals surface area contributed by atoms with Crippen molar-refractivity contribution in [3.8, 4) is 0 Å². The Labute approximate surface area is 140 Å². The van der Waals surface area contributed by atoms with E-state index < -0.39 is 0 Å². The normalized spacial score (nSPS) is 11.3. The monoisotopic (exact) mass is 330 g/mol. The van der Waals surface area contributed by atoms with Crippen LogP contribution in [0.25, 0.3) is 0 Å². The minimum atomic E-state index is -0.263. The lowest BCUT2D eigenvalue weighted by Gasteiger charge is -2.17. The van der Waals surface area contributed by atoms with Gasteiger partial charge in [-0.1, -0.05) is 24.3 Å². The highest BCUT2D eigenvalue weighted by Gasteiger charge is 1.97. The van der Waals surface area contributed by atoms with E-state index in [4.69, 9.17) is 0 Å². The third kappa shape index (κ3) is 6.16. The Morgan fingerprint density at radius 1 is 0.708 bits per heavy atom. The molecule has 2 aromatic carbocycles. The maximum atomic E-state index is 12.8. The highest BCUT2D eigenvalue weighted by molar-refractivity contribution is 5.79. The van der Waals surface area contributed by atoms with Crippen LogP contribution in [-0.4, -0.2) is 49.6 Å². The van der Waals surface area contributed by atoms with E-state index in [2.05, 4.69) is 10.2 Å². The lowest BCUT2D eigenvalue weighted by Crippen LogP contribution is -2.25. The predicted molar refractivity (Wildman–Crippen MR) is 93.2 cm³/mol. The zero-order chi connectivity index (χ0) is 17.4. The van der Waals surface area contributed by atoms with Gasteiger partial charge in [0.1, 0.15) is 11.6 Å². The Balaban J connectivity index is 1.77. The number of rotatable bonds is 7. The Hall–Kier alpha value is -2.76. The zero-order valence-electron chi connectivity index (χ0n) is 13.7. The van der Waals surface area contributed by atoms with Crippen molar-refractivity contribution in [3.63, 3.8) is 0 Å². The van der Waals surface area contributed by atoms with E-state index in [9.17, 15) is 8.78 Å². The summed E-state index contributed by atoms with van der Waals surface area (Å²) in [6, 6.07) is 12.3. The molecule has 0 saturated carbocycles. The molecule has 0 fully saturated rings. The summed E-state index contributed by atoms with van der Waals surface area (Å²) in [7, 11) is 3.72. The molecule has 0 atom stereocenters. The van der Waals surface area contributed by atoms with Gasteiger partial charge in [-0.2, -0.15) is 10.2 Å². The first kappa shape index (κ1) is 17.6. The van der Waals surface area contributed by atoms with Crippen molar-refractivity contribution < 1.29 is 8.78 Å². The van der Waals surface area contributed by atoms with Crippen molar-refractivity contribution in [2.75, 3.05) is 27.2 Å². The molecule has 2 aromatic rings. The molecule has 126 valence electrons. The summed E-state index contributed by atoms with van der Waals surface area (Å²) in [6.07, 6.45) is 3.36. The summed E-state index contributed by atoms with van der Waals surface area (Å²) in [5.41, 5.74) is 1.68. The van der Waals surface area contributed by atoms with Gasteiger partial charge in [-0.25, -0.2) is 8.78 Å². The number of benzene rings is 2. The molecular weight excluding hydrogens is 310 g/mol. The van der Waals surface area contributed by atoms with Gasteiger partial charge in [0.2, 0.25) is 0 Å². The molecule has 4 nitrogen and oxygen atoms in total. The maximum Gasteiger partial charge on any atom is 0.123 e. The van der Waals surface area contributed by atoms with Crippen LogP contribution in [0.2, 0.25) is 0 Å². The number of hydrogen-bond acceptors (Lipinski definition) is 4. The zero-order valence-corrected chi connectivity index (χ0v) is 13.7. The first-order valence-electron chi connectivity index (χ1n) is 7.54. The van der Waals surface area contributed by atoms with Crippen LogP contribution in [0, 0.1) is 11.6 Å². The smallest absolute Gasteiger partial charge is 0.123 e. The van der Waals surface area contributed by atoms with Gasteiger partial charge < -0.3 is 0 Å². The average molecular weight is 330 g/mol. The Bertz CT molecular complexity index is 620. The van der Waals surface area contributed by atoms with Crippen LogP contribution >= 0.6 is 0 Å². The molecule has 0 unspecified atom stereocenters. The quantitative estimate of drug-likeness (QED) is 0.577. The standard InChI is InChI=1S/C18H20F2N4/c1-23(21-13-15-3-7-17(19)8-4-15)11-12-24(2)22-14-16-5-9-18(20)10-6-16/h3-10,13-14H,11-12H2,1-2H3/b21-13-,22-14-.